The Kier molecular flexibility index (Phi) is 5.55. The molecule has 27 heavy (non-hydrogen) atoms. The third-order valence-electron chi connectivity index (χ3n) is 4.76. The summed E-state index contributed by atoms with van der Waals surface area (Å²) in [4.78, 5) is 12.2. The zero-order valence-electron chi connectivity index (χ0n) is 15.5. The van der Waals surface area contributed by atoms with E-state index in [9.17, 15) is 9.18 Å². The quantitative estimate of drug-likeness (QED) is 0.595. The summed E-state index contributed by atoms with van der Waals surface area (Å²) >= 11 is 9.53. The number of carbonyl (C=O) groups excluding carboxylic acids is 1. The van der Waals surface area contributed by atoms with Crippen LogP contribution in [-0.4, -0.2) is 18.2 Å². The minimum absolute atomic E-state index is 0.0951. The lowest BCUT2D eigenvalue weighted by Gasteiger charge is -2.31. The van der Waals surface area contributed by atoms with Gasteiger partial charge in [-0.3, -0.25) is 0 Å². The number of benzene rings is 2. The lowest BCUT2D eigenvalue weighted by Crippen LogP contribution is -2.43. The molecule has 3 nitrogen and oxygen atoms in total. The predicted octanol–water partition coefficient (Wildman–Crippen LogP) is 5.80. The van der Waals surface area contributed by atoms with Gasteiger partial charge in [0.05, 0.1) is 5.02 Å². The molecule has 0 heterocycles. The number of rotatable bonds is 3. The second-order valence-electron chi connectivity index (χ2n) is 7.98. The molecule has 1 atom stereocenters. The average molecular weight is 455 g/mol. The largest absolute Gasteiger partial charge is 0.444 e. The Bertz CT molecular complexity index is 867. The average Bonchev–Trinajstić information content (AvgIpc) is 2.97. The Balaban J connectivity index is 1.92. The topological polar surface area (TPSA) is 38.3 Å². The summed E-state index contributed by atoms with van der Waals surface area (Å²) in [5.74, 6) is -0.439. The van der Waals surface area contributed by atoms with Gasteiger partial charge in [-0.1, -0.05) is 41.9 Å². The summed E-state index contributed by atoms with van der Waals surface area (Å²) in [6.45, 7) is 5.86. The van der Waals surface area contributed by atoms with Crippen LogP contribution in [0.2, 0.25) is 5.02 Å². The summed E-state index contributed by atoms with van der Waals surface area (Å²) in [6.07, 6.45) is 0.787. The highest BCUT2D eigenvalue weighted by Crippen LogP contribution is 2.45. The van der Waals surface area contributed by atoms with Crippen molar-refractivity contribution < 1.29 is 13.9 Å². The van der Waals surface area contributed by atoms with E-state index >= 15 is 0 Å². The highest BCUT2D eigenvalue weighted by Gasteiger charge is 2.41. The summed E-state index contributed by atoms with van der Waals surface area (Å²) in [7, 11) is 0. The first kappa shape index (κ1) is 20.2. The monoisotopic (exact) mass is 453 g/mol. The van der Waals surface area contributed by atoms with Crippen molar-refractivity contribution in [1.29, 1.82) is 0 Å². The molecule has 0 bridgehead atoms. The number of amides is 1. The van der Waals surface area contributed by atoms with Crippen molar-refractivity contribution in [1.82, 2.24) is 5.32 Å². The molecule has 0 radical (unpaired) electrons. The molecule has 0 unspecified atom stereocenters. The van der Waals surface area contributed by atoms with Crippen LogP contribution >= 0.6 is 27.5 Å². The van der Waals surface area contributed by atoms with E-state index in [1.54, 1.807) is 0 Å². The molecular formula is C21H22BrClFNO2. The highest BCUT2D eigenvalue weighted by molar-refractivity contribution is 9.10. The number of ether oxygens (including phenoxy) is 1. The highest BCUT2D eigenvalue weighted by atomic mass is 79.9. The lowest BCUT2D eigenvalue weighted by atomic mass is 9.77. The number of fused-ring (bicyclic) bond motifs is 1. The molecule has 0 fully saturated rings. The molecule has 0 aliphatic heterocycles. The molecule has 0 spiro atoms. The lowest BCUT2D eigenvalue weighted by molar-refractivity contribution is 0.0514. The zero-order chi connectivity index (χ0) is 19.8. The van der Waals surface area contributed by atoms with Gasteiger partial charge in [-0.2, -0.15) is 0 Å². The van der Waals surface area contributed by atoms with Crippen LogP contribution in [0.15, 0.2) is 40.9 Å². The number of hydrogen-bond donors (Lipinski definition) is 1. The van der Waals surface area contributed by atoms with Gasteiger partial charge in [0.15, 0.2) is 0 Å². The Labute approximate surface area is 172 Å². The predicted molar refractivity (Wildman–Crippen MR) is 109 cm³/mol. The molecule has 0 saturated heterocycles. The SMILES string of the molecule is CC(C)(C)OC(=O)NC[C@]1(c2ccccc2)Cc2cc(F)c(Cl)c(Br)c2C1. The minimum Gasteiger partial charge on any atom is -0.444 e. The molecule has 1 aliphatic carbocycles. The van der Waals surface area contributed by atoms with E-state index in [-0.39, 0.29) is 10.4 Å². The fourth-order valence-corrected chi connectivity index (χ4v) is 4.33. The van der Waals surface area contributed by atoms with Crippen molar-refractivity contribution in [3.05, 3.63) is 68.4 Å². The second-order valence-corrected chi connectivity index (χ2v) is 9.15. The third kappa shape index (κ3) is 4.30. The van der Waals surface area contributed by atoms with Crippen LogP contribution in [0.3, 0.4) is 0 Å². The van der Waals surface area contributed by atoms with Crippen molar-refractivity contribution in [2.45, 2.75) is 44.6 Å². The van der Waals surface area contributed by atoms with Crippen LogP contribution in [-0.2, 0) is 23.0 Å². The van der Waals surface area contributed by atoms with Crippen LogP contribution in [0.4, 0.5) is 9.18 Å². The Morgan fingerprint density at radius 1 is 1.30 bits per heavy atom. The van der Waals surface area contributed by atoms with Crippen molar-refractivity contribution in [3.63, 3.8) is 0 Å². The Morgan fingerprint density at radius 3 is 2.59 bits per heavy atom. The Hall–Kier alpha value is -1.59. The van der Waals surface area contributed by atoms with Crippen molar-refractivity contribution in [3.8, 4) is 0 Å². The van der Waals surface area contributed by atoms with Crippen LogP contribution in [0.5, 0.6) is 0 Å². The van der Waals surface area contributed by atoms with E-state index in [4.69, 9.17) is 16.3 Å². The maximum Gasteiger partial charge on any atom is 0.407 e. The minimum atomic E-state index is -0.567. The van der Waals surface area contributed by atoms with Gasteiger partial charge in [0.25, 0.3) is 0 Å². The molecule has 1 N–H and O–H groups in total. The van der Waals surface area contributed by atoms with Crippen molar-refractivity contribution in [2.24, 2.45) is 0 Å². The van der Waals surface area contributed by atoms with E-state index in [1.807, 2.05) is 51.1 Å². The van der Waals surface area contributed by atoms with Gasteiger partial charge < -0.3 is 10.1 Å². The molecule has 1 amide bonds. The van der Waals surface area contributed by atoms with Gasteiger partial charge in [-0.15, -0.1) is 0 Å². The Morgan fingerprint density at radius 2 is 1.96 bits per heavy atom. The zero-order valence-corrected chi connectivity index (χ0v) is 17.9. The van der Waals surface area contributed by atoms with Crippen molar-refractivity contribution in [2.75, 3.05) is 6.54 Å². The first-order valence-electron chi connectivity index (χ1n) is 8.79. The fourth-order valence-electron chi connectivity index (χ4n) is 3.57. The molecular weight excluding hydrogens is 433 g/mol. The summed E-state index contributed by atoms with van der Waals surface area (Å²) in [5.41, 5.74) is 2.01. The van der Waals surface area contributed by atoms with Crippen LogP contribution in [0.25, 0.3) is 0 Å². The molecule has 3 rings (SSSR count). The number of halogens is 3. The maximum atomic E-state index is 14.1. The fraction of sp³-hybridized carbons (Fsp3) is 0.381. The molecule has 144 valence electrons. The number of nitrogens with one attached hydrogen (secondary N) is 1. The molecule has 6 heteroatoms. The van der Waals surface area contributed by atoms with Crippen LogP contribution in [0, 0.1) is 5.82 Å². The van der Waals surface area contributed by atoms with Gasteiger partial charge in [0, 0.05) is 16.4 Å². The summed E-state index contributed by atoms with van der Waals surface area (Å²) in [6, 6.07) is 11.5. The van der Waals surface area contributed by atoms with E-state index in [1.165, 1.54) is 6.07 Å². The molecule has 2 aromatic carbocycles. The van der Waals surface area contributed by atoms with E-state index < -0.39 is 17.5 Å². The van der Waals surface area contributed by atoms with E-state index in [0.29, 0.717) is 23.9 Å². The van der Waals surface area contributed by atoms with Gasteiger partial charge in [0.2, 0.25) is 0 Å². The summed E-state index contributed by atoms with van der Waals surface area (Å²) in [5, 5.41) is 3.00. The van der Waals surface area contributed by atoms with E-state index in [2.05, 4.69) is 21.2 Å². The van der Waals surface area contributed by atoms with E-state index in [0.717, 1.165) is 16.7 Å². The number of carbonyl (C=O) groups is 1. The standard InChI is InChI=1S/C21H22BrClFNO2/c1-20(2,3)27-19(26)25-12-21(14-7-5-4-6-8-14)10-13-9-16(24)18(23)17(22)15(13)11-21/h4-9H,10-12H2,1-3H3,(H,25,26)/t21-/m0/s1. The smallest absolute Gasteiger partial charge is 0.407 e. The molecule has 2 aromatic rings. The van der Waals surface area contributed by atoms with Crippen LogP contribution in [0.1, 0.15) is 37.5 Å². The van der Waals surface area contributed by atoms with Gasteiger partial charge in [-0.25, -0.2) is 9.18 Å². The van der Waals surface area contributed by atoms with Gasteiger partial charge >= 0.3 is 6.09 Å². The normalized spacial score (nSPS) is 18.9. The first-order chi connectivity index (χ1) is 12.6. The van der Waals surface area contributed by atoms with Crippen LogP contribution < -0.4 is 5.32 Å². The van der Waals surface area contributed by atoms with Gasteiger partial charge in [-0.05, 0) is 72.3 Å². The molecule has 0 saturated carbocycles. The molecule has 0 aromatic heterocycles. The van der Waals surface area contributed by atoms with Crippen molar-refractivity contribution >= 4 is 33.6 Å². The number of alkyl carbamates (subject to hydrolysis) is 1. The summed E-state index contributed by atoms with van der Waals surface area (Å²) < 4.78 is 20.1. The first-order valence-corrected chi connectivity index (χ1v) is 9.96. The second kappa shape index (κ2) is 7.44. The third-order valence-corrected chi connectivity index (χ3v) is 6.23. The number of hydrogen-bond acceptors (Lipinski definition) is 2. The van der Waals surface area contributed by atoms with Gasteiger partial charge in [0.1, 0.15) is 11.4 Å². The maximum absolute atomic E-state index is 14.1. The molecule has 1 aliphatic rings.